The molecule has 0 radical (unpaired) electrons. The zero-order valence-electron chi connectivity index (χ0n) is 7.92. The Hall–Kier alpha value is -0.0800. The van der Waals surface area contributed by atoms with E-state index in [1.165, 1.54) is 38.6 Å². The molecule has 1 heterocycles. The van der Waals surface area contributed by atoms with Gasteiger partial charge in [-0.1, -0.05) is 6.42 Å². The minimum Gasteiger partial charge on any atom is -0.396 e. The van der Waals surface area contributed by atoms with Gasteiger partial charge in [-0.25, -0.2) is 0 Å². The number of piperidine rings is 1. The van der Waals surface area contributed by atoms with Crippen LogP contribution < -0.4 is 0 Å². The number of aliphatic hydroxyl groups excluding tert-OH is 1. The molecule has 0 aromatic rings. The van der Waals surface area contributed by atoms with E-state index in [0.717, 1.165) is 0 Å². The van der Waals surface area contributed by atoms with E-state index in [9.17, 15) is 5.11 Å². The van der Waals surface area contributed by atoms with E-state index in [1.807, 2.05) is 0 Å². The van der Waals surface area contributed by atoms with Crippen LogP contribution in [0.25, 0.3) is 0 Å². The van der Waals surface area contributed by atoms with Crippen LogP contribution in [0.1, 0.15) is 32.1 Å². The number of rotatable bonds is 1. The van der Waals surface area contributed by atoms with Crippen molar-refractivity contribution >= 4 is 0 Å². The van der Waals surface area contributed by atoms with Crippen LogP contribution in [0.2, 0.25) is 0 Å². The topological polar surface area (TPSA) is 23.5 Å². The standard InChI is InChI=1S/C10H19NO/c1-11-7-3-6-10(8-12)5-2-4-9(10)11/h9,12H,2-8H2,1H3/t9-,10-/m1/s1. The fraction of sp³-hybridized carbons (Fsp3) is 1.00. The van der Waals surface area contributed by atoms with E-state index in [4.69, 9.17) is 0 Å². The van der Waals surface area contributed by atoms with Crippen molar-refractivity contribution in [3.63, 3.8) is 0 Å². The van der Waals surface area contributed by atoms with Crippen molar-refractivity contribution in [3.05, 3.63) is 0 Å². The van der Waals surface area contributed by atoms with Crippen LogP contribution in [0.5, 0.6) is 0 Å². The third kappa shape index (κ3) is 1.09. The van der Waals surface area contributed by atoms with E-state index in [-0.39, 0.29) is 5.41 Å². The molecule has 0 bridgehead atoms. The summed E-state index contributed by atoms with van der Waals surface area (Å²) >= 11 is 0. The summed E-state index contributed by atoms with van der Waals surface area (Å²) < 4.78 is 0. The highest BCUT2D eigenvalue weighted by molar-refractivity contribution is 4.99. The quantitative estimate of drug-likeness (QED) is 0.638. The van der Waals surface area contributed by atoms with Gasteiger partial charge in [0.05, 0.1) is 6.61 Å². The molecule has 12 heavy (non-hydrogen) atoms. The van der Waals surface area contributed by atoms with Crippen LogP contribution in [0.3, 0.4) is 0 Å². The molecule has 2 heteroatoms. The largest absolute Gasteiger partial charge is 0.396 e. The first-order chi connectivity index (χ1) is 5.78. The van der Waals surface area contributed by atoms with Gasteiger partial charge in [0.1, 0.15) is 0 Å². The molecule has 2 aliphatic rings. The molecule has 0 amide bonds. The zero-order valence-corrected chi connectivity index (χ0v) is 7.92. The molecule has 2 rings (SSSR count). The minimum atomic E-state index is 0.285. The molecule has 2 fully saturated rings. The maximum atomic E-state index is 9.44. The van der Waals surface area contributed by atoms with E-state index in [2.05, 4.69) is 11.9 Å². The van der Waals surface area contributed by atoms with Gasteiger partial charge in [-0.05, 0) is 39.3 Å². The molecule has 0 unspecified atom stereocenters. The SMILES string of the molecule is CN1CCC[C@@]2(CO)CCC[C@@H]12. The van der Waals surface area contributed by atoms with Crippen molar-refractivity contribution in [2.75, 3.05) is 20.2 Å². The van der Waals surface area contributed by atoms with Gasteiger partial charge in [-0.3, -0.25) is 0 Å². The summed E-state index contributed by atoms with van der Waals surface area (Å²) in [6, 6.07) is 0.677. The normalized spacial score (nSPS) is 43.0. The second-order valence-electron chi connectivity index (χ2n) is 4.51. The average molecular weight is 169 g/mol. The molecule has 1 N–H and O–H groups in total. The summed E-state index contributed by atoms with van der Waals surface area (Å²) in [5.41, 5.74) is 0.285. The predicted molar refractivity (Wildman–Crippen MR) is 49.0 cm³/mol. The third-order valence-electron chi connectivity index (χ3n) is 3.89. The Labute approximate surface area is 74.6 Å². The summed E-state index contributed by atoms with van der Waals surface area (Å²) in [6.45, 7) is 1.63. The lowest BCUT2D eigenvalue weighted by atomic mass is 9.76. The monoisotopic (exact) mass is 169 g/mol. The predicted octanol–water partition coefficient (Wildman–Crippen LogP) is 1.24. The van der Waals surface area contributed by atoms with Crippen molar-refractivity contribution in [2.24, 2.45) is 5.41 Å². The Kier molecular flexibility index (Phi) is 2.13. The number of hydrogen-bond donors (Lipinski definition) is 1. The Bertz CT molecular complexity index is 171. The Morgan fingerprint density at radius 2 is 2.17 bits per heavy atom. The summed E-state index contributed by atoms with van der Waals surface area (Å²) in [6.07, 6.45) is 6.39. The van der Waals surface area contributed by atoms with Gasteiger partial charge in [-0.15, -0.1) is 0 Å². The first kappa shape index (κ1) is 8.52. The van der Waals surface area contributed by atoms with Crippen LogP contribution in [0.4, 0.5) is 0 Å². The van der Waals surface area contributed by atoms with Gasteiger partial charge >= 0.3 is 0 Å². The molecule has 0 spiro atoms. The maximum Gasteiger partial charge on any atom is 0.0502 e. The highest BCUT2D eigenvalue weighted by Gasteiger charge is 2.45. The van der Waals surface area contributed by atoms with Gasteiger partial charge < -0.3 is 10.0 Å². The molecule has 1 saturated carbocycles. The van der Waals surface area contributed by atoms with E-state index < -0.39 is 0 Å². The number of likely N-dealkylation sites (tertiary alicyclic amines) is 1. The second-order valence-corrected chi connectivity index (χ2v) is 4.51. The van der Waals surface area contributed by atoms with Crippen molar-refractivity contribution in [1.82, 2.24) is 4.90 Å². The van der Waals surface area contributed by atoms with E-state index >= 15 is 0 Å². The lowest BCUT2D eigenvalue weighted by molar-refractivity contribution is 0.00742. The molecular formula is C10H19NO. The zero-order chi connectivity index (χ0) is 8.60. The van der Waals surface area contributed by atoms with Gasteiger partial charge in [0.2, 0.25) is 0 Å². The summed E-state index contributed by atoms with van der Waals surface area (Å²) in [7, 11) is 2.21. The molecule has 1 saturated heterocycles. The number of nitrogens with zero attached hydrogens (tertiary/aromatic N) is 1. The molecular weight excluding hydrogens is 150 g/mol. The fourth-order valence-electron chi connectivity index (χ4n) is 3.20. The van der Waals surface area contributed by atoms with Crippen molar-refractivity contribution in [1.29, 1.82) is 0 Å². The van der Waals surface area contributed by atoms with Crippen LogP contribution in [-0.4, -0.2) is 36.2 Å². The number of hydrogen-bond acceptors (Lipinski definition) is 2. The van der Waals surface area contributed by atoms with E-state index in [1.54, 1.807) is 0 Å². The van der Waals surface area contributed by atoms with Crippen molar-refractivity contribution < 1.29 is 5.11 Å². The van der Waals surface area contributed by atoms with Gasteiger partial charge in [0.15, 0.2) is 0 Å². The average Bonchev–Trinajstić information content (AvgIpc) is 2.50. The summed E-state index contributed by atoms with van der Waals surface area (Å²) in [5.74, 6) is 0. The van der Waals surface area contributed by atoms with Crippen LogP contribution in [-0.2, 0) is 0 Å². The number of aliphatic hydroxyl groups is 1. The van der Waals surface area contributed by atoms with Crippen molar-refractivity contribution in [2.45, 2.75) is 38.1 Å². The smallest absolute Gasteiger partial charge is 0.0502 e. The maximum absolute atomic E-state index is 9.44. The minimum absolute atomic E-state index is 0.285. The Morgan fingerprint density at radius 3 is 2.83 bits per heavy atom. The van der Waals surface area contributed by atoms with Crippen LogP contribution >= 0.6 is 0 Å². The molecule has 1 aliphatic carbocycles. The van der Waals surface area contributed by atoms with Crippen LogP contribution in [0.15, 0.2) is 0 Å². The molecule has 0 aromatic heterocycles. The highest BCUT2D eigenvalue weighted by atomic mass is 16.3. The molecule has 2 nitrogen and oxygen atoms in total. The van der Waals surface area contributed by atoms with Gasteiger partial charge in [0.25, 0.3) is 0 Å². The molecule has 0 aromatic carbocycles. The number of fused-ring (bicyclic) bond motifs is 1. The lowest BCUT2D eigenvalue weighted by Crippen LogP contribution is -2.49. The van der Waals surface area contributed by atoms with Crippen molar-refractivity contribution in [3.8, 4) is 0 Å². The first-order valence-electron chi connectivity index (χ1n) is 5.10. The Morgan fingerprint density at radius 1 is 1.42 bits per heavy atom. The van der Waals surface area contributed by atoms with Gasteiger partial charge in [0, 0.05) is 11.5 Å². The van der Waals surface area contributed by atoms with E-state index in [0.29, 0.717) is 12.6 Å². The molecule has 2 atom stereocenters. The van der Waals surface area contributed by atoms with Gasteiger partial charge in [-0.2, -0.15) is 0 Å². The lowest BCUT2D eigenvalue weighted by Gasteiger charge is -2.44. The van der Waals surface area contributed by atoms with Crippen LogP contribution in [0, 0.1) is 5.41 Å². The molecule has 1 aliphatic heterocycles. The third-order valence-corrected chi connectivity index (χ3v) is 3.89. The second kappa shape index (κ2) is 3.00. The molecule has 70 valence electrons. The highest BCUT2D eigenvalue weighted by Crippen LogP contribution is 2.46. The first-order valence-corrected chi connectivity index (χ1v) is 5.10. The Balaban J connectivity index is 2.17. The summed E-state index contributed by atoms with van der Waals surface area (Å²) in [4.78, 5) is 2.45. The summed E-state index contributed by atoms with van der Waals surface area (Å²) in [5, 5.41) is 9.44. The fourth-order valence-corrected chi connectivity index (χ4v) is 3.20.